The van der Waals surface area contributed by atoms with Gasteiger partial charge in [0.2, 0.25) is 5.78 Å². The molecule has 8 heteroatoms. The number of ether oxygens (including phenoxy) is 3. The van der Waals surface area contributed by atoms with Crippen molar-refractivity contribution in [3.05, 3.63) is 46.8 Å². The van der Waals surface area contributed by atoms with E-state index in [0.717, 1.165) is 0 Å². The van der Waals surface area contributed by atoms with Gasteiger partial charge in [0.1, 0.15) is 17.0 Å². The third-order valence-corrected chi connectivity index (χ3v) is 4.15. The van der Waals surface area contributed by atoms with E-state index in [9.17, 15) is 19.5 Å². The van der Waals surface area contributed by atoms with Crippen molar-refractivity contribution in [1.29, 1.82) is 0 Å². The summed E-state index contributed by atoms with van der Waals surface area (Å²) in [5.41, 5.74) is 0.0999. The third kappa shape index (κ3) is 4.16. The Morgan fingerprint density at radius 3 is 2.18 bits per heavy atom. The molecule has 2 aromatic rings. The summed E-state index contributed by atoms with van der Waals surface area (Å²) < 4.78 is 16.3. The second-order valence-electron chi connectivity index (χ2n) is 5.84. The van der Waals surface area contributed by atoms with Crippen molar-refractivity contribution in [2.24, 2.45) is 7.05 Å². The fourth-order valence-electron chi connectivity index (χ4n) is 2.83. The molecule has 1 aromatic heterocycles. The molecule has 2 rings (SSSR count). The number of esters is 2. The van der Waals surface area contributed by atoms with Crippen LogP contribution in [0.2, 0.25) is 0 Å². The zero-order chi connectivity index (χ0) is 20.8. The van der Waals surface area contributed by atoms with Crippen LogP contribution in [0.3, 0.4) is 0 Å². The Labute approximate surface area is 162 Å². The Morgan fingerprint density at radius 2 is 1.64 bits per heavy atom. The maximum atomic E-state index is 13.0. The van der Waals surface area contributed by atoms with Crippen molar-refractivity contribution < 1.29 is 33.7 Å². The average molecular weight is 389 g/mol. The first-order chi connectivity index (χ1) is 13.3. The largest absolute Gasteiger partial charge is 0.505 e. The van der Waals surface area contributed by atoms with Gasteiger partial charge in [0.05, 0.1) is 26.7 Å². The third-order valence-electron chi connectivity index (χ3n) is 4.15. The topological polar surface area (TPSA) is 104 Å². The fourth-order valence-corrected chi connectivity index (χ4v) is 2.83. The Hall–Kier alpha value is -3.29. The van der Waals surface area contributed by atoms with Crippen LogP contribution >= 0.6 is 0 Å². The summed E-state index contributed by atoms with van der Waals surface area (Å²) in [5, 5.41) is 10.6. The van der Waals surface area contributed by atoms with Crippen molar-refractivity contribution in [2.45, 2.75) is 20.3 Å². The lowest BCUT2D eigenvalue weighted by molar-refractivity contribution is -0.142. The molecule has 1 aromatic carbocycles. The molecular formula is C20H23NO7. The van der Waals surface area contributed by atoms with E-state index in [0.29, 0.717) is 5.75 Å². The van der Waals surface area contributed by atoms with Crippen LogP contribution in [0, 0.1) is 0 Å². The van der Waals surface area contributed by atoms with Gasteiger partial charge in [-0.25, -0.2) is 4.79 Å². The Balaban J connectivity index is 2.55. The number of carbonyl (C=O) groups is 3. The van der Waals surface area contributed by atoms with E-state index in [1.165, 1.54) is 18.7 Å². The molecule has 1 heterocycles. The van der Waals surface area contributed by atoms with Crippen LogP contribution in [0.25, 0.3) is 0 Å². The summed E-state index contributed by atoms with van der Waals surface area (Å²) in [7, 11) is 3.00. The number of carbonyl (C=O) groups excluding carboxylic acids is 3. The van der Waals surface area contributed by atoms with Crippen molar-refractivity contribution in [3.8, 4) is 11.5 Å². The van der Waals surface area contributed by atoms with E-state index in [4.69, 9.17) is 14.2 Å². The number of ketones is 1. The molecule has 0 radical (unpaired) electrons. The quantitative estimate of drug-likeness (QED) is 0.545. The van der Waals surface area contributed by atoms with Crippen molar-refractivity contribution in [3.63, 3.8) is 0 Å². The summed E-state index contributed by atoms with van der Waals surface area (Å²) >= 11 is 0. The molecule has 0 spiro atoms. The minimum Gasteiger partial charge on any atom is -0.505 e. The minimum absolute atomic E-state index is 0.0772. The molecule has 8 nitrogen and oxygen atoms in total. The van der Waals surface area contributed by atoms with Crippen LogP contribution in [0.1, 0.15) is 46.0 Å². The lowest BCUT2D eigenvalue weighted by Gasteiger charge is -2.08. The normalized spacial score (nSPS) is 10.4. The second-order valence-corrected chi connectivity index (χ2v) is 5.84. The van der Waals surface area contributed by atoms with Gasteiger partial charge in [0, 0.05) is 18.3 Å². The number of methoxy groups -OCH3 is 1. The standard InChI is InChI=1S/C20H23NO7/c1-5-27-15(22)11-14-16(20(25)28-6-2)19(24)17(21(14)3)18(23)12-7-9-13(26-4)10-8-12/h7-10,24H,5-6,11H2,1-4H3. The predicted molar refractivity (Wildman–Crippen MR) is 99.8 cm³/mol. The molecule has 0 saturated carbocycles. The summed E-state index contributed by atoms with van der Waals surface area (Å²) in [6.07, 6.45) is -0.290. The summed E-state index contributed by atoms with van der Waals surface area (Å²) in [5.74, 6) is -1.87. The van der Waals surface area contributed by atoms with Gasteiger partial charge >= 0.3 is 11.9 Å². The lowest BCUT2D eigenvalue weighted by atomic mass is 10.1. The van der Waals surface area contributed by atoms with Gasteiger partial charge in [-0.1, -0.05) is 0 Å². The molecular weight excluding hydrogens is 366 g/mol. The van der Waals surface area contributed by atoms with Crippen LogP contribution < -0.4 is 4.74 Å². The molecule has 0 saturated heterocycles. The zero-order valence-corrected chi connectivity index (χ0v) is 16.3. The second kappa shape index (κ2) is 9.07. The maximum Gasteiger partial charge on any atom is 0.343 e. The van der Waals surface area contributed by atoms with E-state index in [-0.39, 0.29) is 42.1 Å². The molecule has 0 aliphatic carbocycles. The molecule has 0 unspecified atom stereocenters. The van der Waals surface area contributed by atoms with Crippen LogP contribution in [0.4, 0.5) is 0 Å². The van der Waals surface area contributed by atoms with Gasteiger partial charge in [-0.15, -0.1) is 0 Å². The van der Waals surface area contributed by atoms with Gasteiger partial charge in [0.25, 0.3) is 0 Å². The summed E-state index contributed by atoms with van der Waals surface area (Å²) in [6.45, 7) is 3.52. The average Bonchev–Trinajstić information content (AvgIpc) is 2.91. The highest BCUT2D eigenvalue weighted by Crippen LogP contribution is 2.32. The van der Waals surface area contributed by atoms with Crippen LogP contribution in [0.15, 0.2) is 24.3 Å². The number of benzene rings is 1. The fraction of sp³-hybridized carbons (Fsp3) is 0.350. The first-order valence-electron chi connectivity index (χ1n) is 8.77. The van der Waals surface area contributed by atoms with Crippen LogP contribution in [-0.2, 0) is 27.7 Å². The SMILES string of the molecule is CCOC(=O)Cc1c(C(=O)OCC)c(O)c(C(=O)c2ccc(OC)cc2)n1C. The maximum absolute atomic E-state index is 13.0. The predicted octanol–water partition coefficient (Wildman–Crippen LogP) is 2.25. The van der Waals surface area contributed by atoms with Crippen molar-refractivity contribution in [1.82, 2.24) is 4.57 Å². The van der Waals surface area contributed by atoms with Gasteiger partial charge in [0.15, 0.2) is 5.75 Å². The molecule has 0 aliphatic heterocycles. The molecule has 150 valence electrons. The first-order valence-corrected chi connectivity index (χ1v) is 8.77. The number of rotatable bonds is 8. The highest BCUT2D eigenvalue weighted by atomic mass is 16.5. The number of hydrogen-bond acceptors (Lipinski definition) is 7. The molecule has 28 heavy (non-hydrogen) atoms. The minimum atomic E-state index is -0.816. The van der Waals surface area contributed by atoms with E-state index in [1.54, 1.807) is 38.1 Å². The summed E-state index contributed by atoms with van der Waals surface area (Å²) in [4.78, 5) is 37.3. The van der Waals surface area contributed by atoms with E-state index >= 15 is 0 Å². The van der Waals surface area contributed by atoms with E-state index in [2.05, 4.69) is 0 Å². The van der Waals surface area contributed by atoms with Crippen molar-refractivity contribution >= 4 is 17.7 Å². The molecule has 0 atom stereocenters. The van der Waals surface area contributed by atoms with Gasteiger partial charge in [-0.3, -0.25) is 9.59 Å². The molecule has 1 N–H and O–H groups in total. The number of aromatic hydroxyl groups is 1. The zero-order valence-electron chi connectivity index (χ0n) is 16.3. The Bertz CT molecular complexity index is 881. The number of nitrogens with zero attached hydrogens (tertiary/aromatic N) is 1. The Morgan fingerprint density at radius 1 is 1.04 bits per heavy atom. The number of aromatic nitrogens is 1. The first kappa shape index (κ1) is 21.0. The molecule has 0 amide bonds. The van der Waals surface area contributed by atoms with Gasteiger partial charge in [-0.05, 0) is 38.1 Å². The van der Waals surface area contributed by atoms with E-state index < -0.39 is 23.5 Å². The highest BCUT2D eigenvalue weighted by molar-refractivity contribution is 6.12. The molecule has 0 fully saturated rings. The molecule has 0 bridgehead atoms. The molecule has 0 aliphatic rings. The Kier molecular flexibility index (Phi) is 6.81. The van der Waals surface area contributed by atoms with Crippen LogP contribution in [0.5, 0.6) is 11.5 Å². The van der Waals surface area contributed by atoms with Gasteiger partial charge in [-0.2, -0.15) is 0 Å². The van der Waals surface area contributed by atoms with Crippen LogP contribution in [-0.4, -0.2) is 47.7 Å². The van der Waals surface area contributed by atoms with E-state index in [1.807, 2.05) is 0 Å². The van der Waals surface area contributed by atoms with Gasteiger partial charge < -0.3 is 23.9 Å². The monoisotopic (exact) mass is 389 g/mol. The highest BCUT2D eigenvalue weighted by Gasteiger charge is 2.31. The smallest absolute Gasteiger partial charge is 0.343 e. The number of hydrogen-bond donors (Lipinski definition) is 1. The van der Waals surface area contributed by atoms with Crippen molar-refractivity contribution in [2.75, 3.05) is 20.3 Å². The summed E-state index contributed by atoms with van der Waals surface area (Å²) in [6, 6.07) is 6.31. The lowest BCUT2D eigenvalue weighted by Crippen LogP contribution is -2.16.